The molecule has 0 unspecified atom stereocenters. The van der Waals surface area contributed by atoms with Gasteiger partial charge in [0.2, 0.25) is 10.0 Å². The van der Waals surface area contributed by atoms with Crippen molar-refractivity contribution in [3.63, 3.8) is 0 Å². The molecule has 3 rings (SSSR count). The molecule has 0 radical (unpaired) electrons. The summed E-state index contributed by atoms with van der Waals surface area (Å²) in [6.45, 7) is 0.204. The summed E-state index contributed by atoms with van der Waals surface area (Å²) in [7, 11) is -3.50. The van der Waals surface area contributed by atoms with Gasteiger partial charge in [-0.2, -0.15) is 5.10 Å². The second-order valence-corrected chi connectivity index (χ2v) is 8.90. The summed E-state index contributed by atoms with van der Waals surface area (Å²) in [6, 6.07) is 22.7. The molecule has 0 atom stereocenters. The minimum Gasteiger partial charge on any atom is -0.267 e. The number of hydrogen-bond donors (Lipinski definition) is 1. The van der Waals surface area contributed by atoms with Crippen molar-refractivity contribution in [2.45, 2.75) is 6.54 Å². The summed E-state index contributed by atoms with van der Waals surface area (Å²) in [5.74, 6) is -0.409. The maximum Gasteiger partial charge on any atom is 0.271 e. The molecule has 154 valence electrons. The van der Waals surface area contributed by atoms with E-state index in [1.54, 1.807) is 42.5 Å². The lowest BCUT2D eigenvalue weighted by Crippen LogP contribution is -2.29. The highest BCUT2D eigenvalue weighted by molar-refractivity contribution is 7.92. The quantitative estimate of drug-likeness (QED) is 0.443. The minimum atomic E-state index is -3.50. The first-order chi connectivity index (χ1) is 14.3. The van der Waals surface area contributed by atoms with Crippen molar-refractivity contribution in [2.75, 3.05) is 10.6 Å². The number of hydrogen-bond acceptors (Lipinski definition) is 4. The van der Waals surface area contributed by atoms with Gasteiger partial charge in [0.25, 0.3) is 5.91 Å². The number of sulfonamides is 1. The Morgan fingerprint density at radius 2 is 1.73 bits per heavy atom. The average molecular weight is 442 g/mol. The maximum absolute atomic E-state index is 12.3. The predicted octanol–water partition coefficient (Wildman–Crippen LogP) is 4.07. The van der Waals surface area contributed by atoms with Gasteiger partial charge in [0.1, 0.15) is 0 Å². The standard InChI is InChI=1S/C22H20ClN3O3S/c1-30(28,29)26(16-17-6-3-2-4-7-17)21-12-10-19(11-13-21)22(27)25-24-15-18-8-5-9-20(23)14-18/h2-15H,16H2,1H3,(H,25,27)/b24-15+. The van der Waals surface area contributed by atoms with E-state index >= 15 is 0 Å². The third kappa shape index (κ3) is 5.92. The number of carbonyl (C=O) groups is 1. The Morgan fingerprint density at radius 1 is 1.03 bits per heavy atom. The molecular weight excluding hydrogens is 422 g/mol. The third-order valence-electron chi connectivity index (χ3n) is 4.22. The smallest absolute Gasteiger partial charge is 0.267 e. The van der Waals surface area contributed by atoms with Gasteiger partial charge >= 0.3 is 0 Å². The molecule has 1 N–H and O–H groups in total. The zero-order valence-corrected chi connectivity index (χ0v) is 17.8. The van der Waals surface area contributed by atoms with E-state index in [0.717, 1.165) is 17.4 Å². The molecular formula is C22H20ClN3O3S. The van der Waals surface area contributed by atoms with Gasteiger partial charge in [-0.25, -0.2) is 13.8 Å². The number of nitrogens with one attached hydrogen (secondary N) is 1. The van der Waals surface area contributed by atoms with Gasteiger partial charge in [-0.05, 0) is 47.5 Å². The summed E-state index contributed by atoms with van der Waals surface area (Å²) in [5.41, 5.74) is 4.88. The molecule has 0 aliphatic rings. The first-order valence-corrected chi connectivity index (χ1v) is 11.3. The second kappa shape index (κ2) is 9.56. The van der Waals surface area contributed by atoms with Crippen LogP contribution in [-0.2, 0) is 16.6 Å². The molecule has 3 aromatic rings. The zero-order chi connectivity index (χ0) is 21.6. The van der Waals surface area contributed by atoms with Crippen LogP contribution in [0.5, 0.6) is 0 Å². The second-order valence-electron chi connectivity index (χ2n) is 6.56. The first-order valence-electron chi connectivity index (χ1n) is 9.03. The molecule has 0 aliphatic carbocycles. The molecule has 8 heteroatoms. The number of hydrazone groups is 1. The number of rotatable bonds is 7. The van der Waals surface area contributed by atoms with Gasteiger partial charge in [0.05, 0.1) is 24.7 Å². The Balaban J connectivity index is 1.71. The number of halogens is 1. The third-order valence-corrected chi connectivity index (χ3v) is 5.59. The van der Waals surface area contributed by atoms with Crippen LogP contribution < -0.4 is 9.73 Å². The normalized spacial score (nSPS) is 11.4. The highest BCUT2D eigenvalue weighted by atomic mass is 35.5. The van der Waals surface area contributed by atoms with E-state index in [1.165, 1.54) is 10.5 Å². The van der Waals surface area contributed by atoms with Gasteiger partial charge in [-0.15, -0.1) is 0 Å². The molecule has 0 bridgehead atoms. The van der Waals surface area contributed by atoms with E-state index in [-0.39, 0.29) is 6.54 Å². The average Bonchev–Trinajstić information content (AvgIpc) is 2.72. The summed E-state index contributed by atoms with van der Waals surface area (Å²) in [5, 5.41) is 4.50. The van der Waals surface area contributed by atoms with Crippen molar-refractivity contribution < 1.29 is 13.2 Å². The van der Waals surface area contributed by atoms with E-state index in [1.807, 2.05) is 36.4 Å². The molecule has 0 saturated carbocycles. The molecule has 1 amide bonds. The monoisotopic (exact) mass is 441 g/mol. The fraction of sp³-hybridized carbons (Fsp3) is 0.0909. The zero-order valence-electron chi connectivity index (χ0n) is 16.2. The molecule has 3 aromatic carbocycles. The lowest BCUT2D eigenvalue weighted by molar-refractivity contribution is 0.0955. The van der Waals surface area contributed by atoms with Gasteiger partial charge < -0.3 is 0 Å². The lowest BCUT2D eigenvalue weighted by Gasteiger charge is -2.22. The number of benzene rings is 3. The van der Waals surface area contributed by atoms with Crippen LogP contribution in [0, 0.1) is 0 Å². The van der Waals surface area contributed by atoms with E-state index in [2.05, 4.69) is 10.5 Å². The summed E-state index contributed by atoms with van der Waals surface area (Å²) in [6.07, 6.45) is 2.64. The number of nitrogens with zero attached hydrogens (tertiary/aromatic N) is 2. The van der Waals surface area contributed by atoms with Crippen LogP contribution in [0.1, 0.15) is 21.5 Å². The van der Waals surface area contributed by atoms with Crippen molar-refractivity contribution in [3.05, 3.63) is 101 Å². The topological polar surface area (TPSA) is 78.8 Å². The van der Waals surface area contributed by atoms with Crippen molar-refractivity contribution in [1.82, 2.24) is 5.43 Å². The number of anilines is 1. The van der Waals surface area contributed by atoms with E-state index in [4.69, 9.17) is 11.6 Å². The van der Waals surface area contributed by atoms with Crippen molar-refractivity contribution >= 4 is 39.4 Å². The van der Waals surface area contributed by atoms with Gasteiger partial charge in [0, 0.05) is 10.6 Å². The van der Waals surface area contributed by atoms with Crippen LogP contribution in [0.4, 0.5) is 5.69 Å². The first kappa shape index (κ1) is 21.5. The fourth-order valence-electron chi connectivity index (χ4n) is 2.75. The van der Waals surface area contributed by atoms with Crippen molar-refractivity contribution in [3.8, 4) is 0 Å². The van der Waals surface area contributed by atoms with Crippen LogP contribution in [0.2, 0.25) is 5.02 Å². The highest BCUT2D eigenvalue weighted by Crippen LogP contribution is 2.21. The van der Waals surface area contributed by atoms with Gasteiger partial charge in [-0.1, -0.05) is 54.1 Å². The molecule has 30 heavy (non-hydrogen) atoms. The van der Waals surface area contributed by atoms with Crippen LogP contribution in [0.3, 0.4) is 0 Å². The summed E-state index contributed by atoms with van der Waals surface area (Å²) < 4.78 is 25.8. The predicted molar refractivity (Wildman–Crippen MR) is 120 cm³/mol. The van der Waals surface area contributed by atoms with Crippen LogP contribution in [0.25, 0.3) is 0 Å². The van der Waals surface area contributed by atoms with E-state index in [9.17, 15) is 13.2 Å². The van der Waals surface area contributed by atoms with E-state index in [0.29, 0.717) is 16.3 Å². The van der Waals surface area contributed by atoms with Crippen LogP contribution in [-0.4, -0.2) is 26.8 Å². The molecule has 0 heterocycles. The Kier molecular flexibility index (Phi) is 6.87. The summed E-state index contributed by atoms with van der Waals surface area (Å²) in [4.78, 5) is 12.3. The minimum absolute atomic E-state index is 0.204. The molecule has 0 aliphatic heterocycles. The number of carbonyl (C=O) groups excluding carboxylic acids is 1. The molecule has 0 spiro atoms. The maximum atomic E-state index is 12.3. The fourth-order valence-corrected chi connectivity index (χ4v) is 3.83. The van der Waals surface area contributed by atoms with E-state index < -0.39 is 15.9 Å². The molecule has 0 saturated heterocycles. The van der Waals surface area contributed by atoms with Gasteiger partial charge in [0.15, 0.2) is 0 Å². The Labute approximate surface area is 180 Å². The van der Waals surface area contributed by atoms with Crippen molar-refractivity contribution in [1.29, 1.82) is 0 Å². The Morgan fingerprint density at radius 3 is 2.37 bits per heavy atom. The van der Waals surface area contributed by atoms with Crippen LogP contribution >= 0.6 is 11.6 Å². The largest absolute Gasteiger partial charge is 0.271 e. The Hall–Kier alpha value is -3.16. The molecule has 0 aromatic heterocycles. The molecule has 0 fully saturated rings. The number of amides is 1. The summed E-state index contributed by atoms with van der Waals surface area (Å²) >= 11 is 5.91. The SMILES string of the molecule is CS(=O)(=O)N(Cc1ccccc1)c1ccc(C(=O)N/N=C/c2cccc(Cl)c2)cc1. The van der Waals surface area contributed by atoms with Gasteiger partial charge in [-0.3, -0.25) is 9.10 Å². The highest BCUT2D eigenvalue weighted by Gasteiger charge is 2.18. The van der Waals surface area contributed by atoms with Crippen LogP contribution in [0.15, 0.2) is 84.0 Å². The van der Waals surface area contributed by atoms with Crippen molar-refractivity contribution in [2.24, 2.45) is 5.10 Å². The molecule has 6 nitrogen and oxygen atoms in total. The lowest BCUT2D eigenvalue weighted by atomic mass is 10.2. The Bertz CT molecular complexity index is 1150.